The van der Waals surface area contributed by atoms with Crippen LogP contribution in [-0.4, -0.2) is 9.97 Å². The molecule has 0 saturated carbocycles. The zero-order valence-electron chi connectivity index (χ0n) is 37.4. The molecule has 0 aliphatic heterocycles. The predicted octanol–water partition coefficient (Wildman–Crippen LogP) is 13.1. The molecule has 0 aliphatic carbocycles. The van der Waals surface area contributed by atoms with Gasteiger partial charge in [-0.2, -0.15) is 18.6 Å². The first-order valence-corrected chi connectivity index (χ1v) is 16.9. The van der Waals surface area contributed by atoms with Gasteiger partial charge in [0.15, 0.2) is 11.4 Å². The Bertz CT molecular complexity index is 2810. The second-order valence-corrected chi connectivity index (χ2v) is 13.5. The van der Waals surface area contributed by atoms with Crippen molar-refractivity contribution in [2.75, 3.05) is 0 Å². The second-order valence-electron chi connectivity index (χ2n) is 13.5. The Kier molecular flexibility index (Phi) is 8.36. The van der Waals surface area contributed by atoms with E-state index >= 15 is 0 Å². The van der Waals surface area contributed by atoms with Gasteiger partial charge in [0.25, 0.3) is 0 Å². The zero-order valence-corrected chi connectivity index (χ0v) is 31.8. The summed E-state index contributed by atoms with van der Waals surface area (Å²) in [5.74, 6) is -0.397. The molecule has 0 aliphatic rings. The minimum atomic E-state index is -2.28. The third-order valence-electron chi connectivity index (χ3n) is 8.53. The van der Waals surface area contributed by atoms with Crippen molar-refractivity contribution in [3.63, 3.8) is 0 Å². The van der Waals surface area contributed by atoms with E-state index in [1.54, 1.807) is 36.5 Å². The number of halogens is 1. The molecule has 3 aromatic heterocycles. The van der Waals surface area contributed by atoms with Crippen molar-refractivity contribution >= 4 is 21.9 Å². The maximum absolute atomic E-state index is 14.3. The molecular formula is C48H41FIrN2O-2. The van der Waals surface area contributed by atoms with Gasteiger partial charge >= 0.3 is 0 Å². The molecular weight excluding hydrogens is 832 g/mol. The van der Waals surface area contributed by atoms with Gasteiger partial charge in [0.1, 0.15) is 0 Å². The molecule has 0 amide bonds. The van der Waals surface area contributed by atoms with Crippen LogP contribution in [-0.2, 0) is 26.5 Å². The average molecular weight is 881 g/mol. The minimum absolute atomic E-state index is 0. The van der Waals surface area contributed by atoms with E-state index in [4.69, 9.17) is 15.4 Å². The van der Waals surface area contributed by atoms with E-state index in [1.165, 1.54) is 18.3 Å². The monoisotopic (exact) mass is 881 g/mol. The number of hydrogen-bond acceptors (Lipinski definition) is 3. The second kappa shape index (κ2) is 15.7. The summed E-state index contributed by atoms with van der Waals surface area (Å²) in [6.07, 6.45) is 1.60. The quantitative estimate of drug-likeness (QED) is 0.162. The summed E-state index contributed by atoms with van der Waals surface area (Å²) < 4.78 is 83.1. The van der Waals surface area contributed by atoms with Crippen LogP contribution in [0.1, 0.15) is 54.0 Å². The van der Waals surface area contributed by atoms with Gasteiger partial charge in [0.05, 0.1) is 5.58 Å². The van der Waals surface area contributed by atoms with Crippen molar-refractivity contribution in [2.45, 2.75) is 40.8 Å². The van der Waals surface area contributed by atoms with Crippen molar-refractivity contribution in [1.29, 1.82) is 0 Å². The van der Waals surface area contributed by atoms with Crippen LogP contribution in [0.25, 0.3) is 66.7 Å². The van der Waals surface area contributed by atoms with Crippen LogP contribution in [0.15, 0.2) is 138 Å². The number of para-hydroxylation sites is 1. The van der Waals surface area contributed by atoms with Crippen LogP contribution in [0, 0.1) is 37.9 Å². The first kappa shape index (κ1) is 28.2. The summed E-state index contributed by atoms with van der Waals surface area (Å²) in [7, 11) is 0. The molecule has 5 heteroatoms. The predicted molar refractivity (Wildman–Crippen MR) is 213 cm³/mol. The van der Waals surface area contributed by atoms with E-state index in [0.29, 0.717) is 44.8 Å². The van der Waals surface area contributed by atoms with Gasteiger partial charge < -0.3 is 9.40 Å². The first-order valence-electron chi connectivity index (χ1n) is 20.9. The number of pyridine rings is 2. The Morgan fingerprint density at radius 1 is 0.755 bits per heavy atom. The molecule has 53 heavy (non-hydrogen) atoms. The fourth-order valence-corrected chi connectivity index (χ4v) is 6.14. The minimum Gasteiger partial charge on any atom is -0.498 e. The van der Waals surface area contributed by atoms with Crippen LogP contribution in [0.4, 0.5) is 4.39 Å². The van der Waals surface area contributed by atoms with Crippen LogP contribution < -0.4 is 0 Å². The number of furan rings is 1. The van der Waals surface area contributed by atoms with Crippen LogP contribution in [0.3, 0.4) is 0 Å². The fourth-order valence-electron chi connectivity index (χ4n) is 6.14. The Labute approximate surface area is 336 Å². The normalized spacial score (nSPS) is 14.2. The largest absolute Gasteiger partial charge is 0.498 e. The SMILES string of the molecule is [2H]C([2H])([2H])c1ccc(-c2cc(-c3ccccc3)c(C([2H])([2H])[2H])cc2[CH2-])nc1.[2H]C([2H])(c1ccc(-c2ccnc(-c3[c-]ccc4c3oc3c(F)cccc34)c2)cc1)C(C)(C)C.[Ir]. The molecule has 3 heterocycles. The van der Waals surface area contributed by atoms with Gasteiger partial charge in [-0.05, 0) is 75.9 Å². The van der Waals surface area contributed by atoms with E-state index in [9.17, 15) is 4.39 Å². The van der Waals surface area contributed by atoms with Crippen LogP contribution >= 0.6 is 0 Å². The van der Waals surface area contributed by atoms with Crippen molar-refractivity contribution in [2.24, 2.45) is 5.41 Å². The number of aromatic nitrogens is 2. The van der Waals surface area contributed by atoms with Gasteiger partial charge in [-0.1, -0.05) is 123 Å². The Hall–Kier alpha value is -5.35. The zero-order chi connectivity index (χ0) is 43.2. The van der Waals surface area contributed by atoms with Gasteiger partial charge in [0, 0.05) is 54.5 Å². The van der Waals surface area contributed by atoms with E-state index in [-0.39, 0.29) is 36.8 Å². The Morgan fingerprint density at radius 2 is 1.55 bits per heavy atom. The van der Waals surface area contributed by atoms with Crippen molar-refractivity contribution in [1.82, 2.24) is 9.97 Å². The van der Waals surface area contributed by atoms with E-state index in [2.05, 4.69) is 23.0 Å². The van der Waals surface area contributed by atoms with Crippen molar-refractivity contribution in [3.8, 4) is 44.8 Å². The number of benzene rings is 5. The number of aryl methyl sites for hydroxylation is 2. The average Bonchev–Trinajstić information content (AvgIpc) is 3.61. The maximum Gasteiger partial charge on any atom is 0.165 e. The van der Waals surface area contributed by atoms with Crippen LogP contribution in [0.5, 0.6) is 0 Å². The Morgan fingerprint density at radius 3 is 2.26 bits per heavy atom. The van der Waals surface area contributed by atoms with Gasteiger partial charge in [-0.15, -0.1) is 29.8 Å². The molecule has 8 rings (SSSR count). The molecule has 8 aromatic rings. The number of rotatable bonds is 5. The molecule has 0 unspecified atom stereocenters. The van der Waals surface area contributed by atoms with Gasteiger partial charge in [0.2, 0.25) is 0 Å². The summed E-state index contributed by atoms with van der Waals surface area (Å²) in [6.45, 7) is 5.17. The molecule has 0 atom stereocenters. The summed E-state index contributed by atoms with van der Waals surface area (Å²) in [4.78, 5) is 8.78. The fraction of sp³-hybridized carbons (Fsp3) is 0.146. The smallest absolute Gasteiger partial charge is 0.165 e. The standard InChI is InChI=1S/C28H23FNO.C20H18N.Ir/c1-28(2,3)17-18-10-12-19(13-11-18)20-14-15-30-25(16-20)23-8-4-6-21-22-7-5-9-24(29)27(22)31-26(21)23;1-14-9-10-20(21-13-14)19-12-18(15(2)11-16(19)3)17-7-5-4-6-8-17;/h4-7,9-16H,17H2,1-3H3;4-13H,3H2,1-2H3;/q2*-1;/i17D2;1D3,2D3;. The molecule has 0 spiro atoms. The molecule has 267 valence electrons. The van der Waals surface area contributed by atoms with Gasteiger partial charge in [-0.3, -0.25) is 4.98 Å². The molecule has 3 nitrogen and oxygen atoms in total. The van der Waals surface area contributed by atoms with Crippen molar-refractivity contribution < 1.29 is 39.9 Å². The number of nitrogens with zero attached hydrogens (tertiary/aromatic N) is 2. The third kappa shape index (κ3) is 8.33. The third-order valence-corrected chi connectivity index (χ3v) is 8.53. The van der Waals surface area contributed by atoms with E-state index in [1.807, 2.05) is 99.6 Å². The molecule has 1 radical (unpaired) electrons. The maximum atomic E-state index is 14.3. The molecule has 0 N–H and O–H groups in total. The topological polar surface area (TPSA) is 38.9 Å². The molecule has 0 bridgehead atoms. The Balaban J connectivity index is 0.000000205. The summed E-state index contributed by atoms with van der Waals surface area (Å²) in [6, 6.07) is 38.9. The first-order chi connectivity index (χ1) is 28.2. The number of hydrogen-bond donors (Lipinski definition) is 0. The molecule has 0 saturated heterocycles. The number of fused-ring (bicyclic) bond motifs is 3. The summed E-state index contributed by atoms with van der Waals surface area (Å²) in [5.41, 5.74) is 7.63. The summed E-state index contributed by atoms with van der Waals surface area (Å²) >= 11 is 0. The molecule has 5 aromatic carbocycles. The summed E-state index contributed by atoms with van der Waals surface area (Å²) in [5, 5.41) is 1.54. The van der Waals surface area contributed by atoms with Crippen molar-refractivity contribution in [3.05, 3.63) is 175 Å². The van der Waals surface area contributed by atoms with E-state index < -0.39 is 31.3 Å². The van der Waals surface area contributed by atoms with Gasteiger partial charge in [-0.25, -0.2) is 4.39 Å². The molecule has 0 fully saturated rings. The van der Waals surface area contributed by atoms with Crippen LogP contribution in [0.2, 0.25) is 0 Å². The van der Waals surface area contributed by atoms with E-state index in [0.717, 1.165) is 27.5 Å².